The SMILES string of the molecule is CC(C)[C@H](NC(=O)OC(C)(C)C)C(=O)OCCCCC(=O)N(C[C@H]1CN(c2ccc(N3CCOCC3=O)cc2)C(=O)O1)C(=O)c1ccc(Cl)s1. The van der Waals surface area contributed by atoms with Gasteiger partial charge >= 0.3 is 18.2 Å². The van der Waals surface area contributed by atoms with Crippen LogP contribution in [0.15, 0.2) is 36.4 Å². The number of anilines is 2. The molecule has 1 aromatic carbocycles. The Morgan fingerprint density at radius 1 is 1.04 bits per heavy atom. The summed E-state index contributed by atoms with van der Waals surface area (Å²) in [6.07, 6.45) is -1.60. The molecule has 0 spiro atoms. The molecule has 4 rings (SSSR count). The molecule has 0 bridgehead atoms. The zero-order valence-corrected chi connectivity index (χ0v) is 30.3. The number of morpholine rings is 1. The van der Waals surface area contributed by atoms with Gasteiger partial charge in [0.1, 0.15) is 24.4 Å². The second kappa shape index (κ2) is 17.1. The molecule has 0 saturated carbocycles. The number of thiophene rings is 1. The lowest BCUT2D eigenvalue weighted by Gasteiger charge is -2.27. The van der Waals surface area contributed by atoms with E-state index < -0.39 is 47.7 Å². The average molecular weight is 735 g/mol. The maximum Gasteiger partial charge on any atom is 0.414 e. The van der Waals surface area contributed by atoms with Gasteiger partial charge in [-0.15, -0.1) is 11.3 Å². The first-order valence-corrected chi connectivity index (χ1v) is 17.5. The number of hydrogen-bond acceptors (Lipinski definition) is 11. The van der Waals surface area contributed by atoms with E-state index in [1.54, 1.807) is 69.9 Å². The fourth-order valence-electron chi connectivity index (χ4n) is 5.20. The van der Waals surface area contributed by atoms with Gasteiger partial charge in [0.25, 0.3) is 11.8 Å². The Bertz CT molecular complexity index is 1560. The van der Waals surface area contributed by atoms with Gasteiger partial charge in [-0.2, -0.15) is 0 Å². The molecule has 272 valence electrons. The monoisotopic (exact) mass is 734 g/mol. The molecule has 2 aliphatic heterocycles. The van der Waals surface area contributed by atoms with Crippen LogP contribution in [0.4, 0.5) is 21.0 Å². The van der Waals surface area contributed by atoms with Crippen molar-refractivity contribution in [1.82, 2.24) is 10.2 Å². The van der Waals surface area contributed by atoms with Crippen LogP contribution in [0.5, 0.6) is 0 Å². The largest absolute Gasteiger partial charge is 0.464 e. The standard InChI is InChI=1S/C34H43ClN4O10S/c1-21(2)29(36-32(44)49-34(3,4)5)31(43)47-16-7-6-8-27(40)39(30(42)25-13-14-26(35)50-25)19-24-18-38(33(45)48-24)23-11-9-22(10-12-23)37-15-17-46-20-28(37)41/h9-14,21,24,29H,6-8,15-20H2,1-5H3,(H,36,44)/t24-,29+/m1/s1. The van der Waals surface area contributed by atoms with E-state index >= 15 is 0 Å². The molecule has 50 heavy (non-hydrogen) atoms. The normalized spacial score (nSPS) is 17.0. The summed E-state index contributed by atoms with van der Waals surface area (Å²) in [6, 6.07) is 9.04. The molecule has 2 saturated heterocycles. The number of esters is 1. The number of imide groups is 1. The minimum Gasteiger partial charge on any atom is -0.464 e. The number of ether oxygens (including phenoxy) is 4. The molecule has 0 aliphatic carbocycles. The first-order valence-electron chi connectivity index (χ1n) is 16.4. The van der Waals surface area contributed by atoms with Crippen molar-refractivity contribution >= 4 is 70.2 Å². The number of hydrogen-bond donors (Lipinski definition) is 1. The molecule has 5 amide bonds. The first kappa shape index (κ1) is 38.6. The van der Waals surface area contributed by atoms with Crippen molar-refractivity contribution < 1.29 is 47.7 Å². The van der Waals surface area contributed by atoms with E-state index in [-0.39, 0.29) is 49.4 Å². The molecule has 0 unspecified atom stereocenters. The van der Waals surface area contributed by atoms with Crippen molar-refractivity contribution in [3.8, 4) is 0 Å². The summed E-state index contributed by atoms with van der Waals surface area (Å²) < 4.78 is 21.8. The zero-order valence-electron chi connectivity index (χ0n) is 28.8. The Morgan fingerprint density at radius 3 is 2.32 bits per heavy atom. The van der Waals surface area contributed by atoms with Gasteiger partial charge in [0.15, 0.2) is 0 Å². The molecule has 3 heterocycles. The molecule has 16 heteroatoms. The van der Waals surface area contributed by atoms with Crippen LogP contribution < -0.4 is 15.1 Å². The van der Waals surface area contributed by atoms with Crippen molar-refractivity contribution in [2.24, 2.45) is 5.92 Å². The van der Waals surface area contributed by atoms with E-state index in [2.05, 4.69) is 5.32 Å². The molecular weight excluding hydrogens is 692 g/mol. The zero-order chi connectivity index (χ0) is 36.6. The first-order chi connectivity index (χ1) is 23.6. The number of unbranched alkanes of at least 4 members (excludes halogenated alkanes) is 1. The smallest absolute Gasteiger partial charge is 0.414 e. The molecule has 2 aliphatic rings. The number of rotatable bonds is 13. The van der Waals surface area contributed by atoms with Crippen molar-refractivity contribution in [2.45, 2.75) is 71.6 Å². The lowest BCUT2D eigenvalue weighted by molar-refractivity contribution is -0.147. The second-order valence-corrected chi connectivity index (χ2v) is 14.9. The molecule has 2 fully saturated rings. The summed E-state index contributed by atoms with van der Waals surface area (Å²) in [4.78, 5) is 81.2. The number of carbonyl (C=O) groups is 6. The third-order valence-electron chi connectivity index (χ3n) is 7.67. The lowest BCUT2D eigenvalue weighted by atomic mass is 10.1. The van der Waals surface area contributed by atoms with E-state index in [1.807, 2.05) is 0 Å². The molecule has 2 aromatic rings. The van der Waals surface area contributed by atoms with E-state index in [0.29, 0.717) is 41.7 Å². The van der Waals surface area contributed by atoms with Gasteiger partial charge in [-0.1, -0.05) is 25.4 Å². The predicted octanol–water partition coefficient (Wildman–Crippen LogP) is 5.02. The molecule has 2 atom stereocenters. The van der Waals surface area contributed by atoms with Crippen LogP contribution in [0, 0.1) is 5.92 Å². The Kier molecular flexibility index (Phi) is 13.2. The van der Waals surface area contributed by atoms with Crippen LogP contribution in [-0.4, -0.2) is 98.0 Å². The Labute approximate surface area is 299 Å². The van der Waals surface area contributed by atoms with Crippen molar-refractivity contribution in [2.75, 3.05) is 49.3 Å². The highest BCUT2D eigenvalue weighted by Crippen LogP contribution is 2.28. The van der Waals surface area contributed by atoms with Gasteiger partial charge in [0.05, 0.1) is 35.5 Å². The fourth-order valence-corrected chi connectivity index (χ4v) is 6.20. The summed E-state index contributed by atoms with van der Waals surface area (Å²) in [7, 11) is 0. The van der Waals surface area contributed by atoms with Gasteiger partial charge in [-0.3, -0.25) is 24.2 Å². The number of nitrogens with one attached hydrogen (secondary N) is 1. The number of alkyl carbamates (subject to hydrolysis) is 1. The number of carbonyl (C=O) groups excluding carboxylic acids is 6. The van der Waals surface area contributed by atoms with Gasteiger partial charge in [-0.25, -0.2) is 14.4 Å². The second-order valence-electron chi connectivity index (χ2n) is 13.1. The van der Waals surface area contributed by atoms with Gasteiger partial charge in [-0.05, 0) is 75.9 Å². The summed E-state index contributed by atoms with van der Waals surface area (Å²) in [6.45, 7) is 9.44. The van der Waals surface area contributed by atoms with E-state index in [0.717, 1.165) is 16.2 Å². The number of amides is 5. The summed E-state index contributed by atoms with van der Waals surface area (Å²) in [5.41, 5.74) is 0.479. The Balaban J connectivity index is 1.33. The maximum absolute atomic E-state index is 13.5. The summed E-state index contributed by atoms with van der Waals surface area (Å²) in [5, 5.41) is 2.55. The summed E-state index contributed by atoms with van der Waals surface area (Å²) >= 11 is 7.09. The minimum atomic E-state index is -0.919. The van der Waals surface area contributed by atoms with Crippen molar-refractivity contribution in [1.29, 1.82) is 0 Å². The fraction of sp³-hybridized carbons (Fsp3) is 0.529. The van der Waals surface area contributed by atoms with Gasteiger partial charge in [0.2, 0.25) is 5.91 Å². The predicted molar refractivity (Wildman–Crippen MR) is 185 cm³/mol. The average Bonchev–Trinajstić information content (AvgIpc) is 3.66. The molecule has 1 N–H and O–H groups in total. The number of cyclic esters (lactones) is 1. The molecule has 0 radical (unpaired) electrons. The van der Waals surface area contributed by atoms with Crippen LogP contribution in [0.2, 0.25) is 4.34 Å². The third-order valence-corrected chi connectivity index (χ3v) is 8.89. The van der Waals surface area contributed by atoms with Gasteiger partial charge in [0, 0.05) is 24.3 Å². The minimum absolute atomic E-state index is 0.00645. The molecule has 1 aromatic heterocycles. The highest BCUT2D eigenvalue weighted by atomic mass is 35.5. The maximum atomic E-state index is 13.5. The Hall–Kier alpha value is -4.21. The van der Waals surface area contributed by atoms with Crippen LogP contribution in [0.25, 0.3) is 0 Å². The van der Waals surface area contributed by atoms with Crippen LogP contribution >= 0.6 is 22.9 Å². The van der Waals surface area contributed by atoms with Crippen molar-refractivity contribution in [3.63, 3.8) is 0 Å². The third kappa shape index (κ3) is 10.6. The van der Waals surface area contributed by atoms with Crippen molar-refractivity contribution in [3.05, 3.63) is 45.6 Å². The number of benzene rings is 1. The van der Waals surface area contributed by atoms with Gasteiger partial charge < -0.3 is 29.2 Å². The quantitative estimate of drug-likeness (QED) is 0.168. The highest BCUT2D eigenvalue weighted by molar-refractivity contribution is 7.18. The number of nitrogens with zero attached hydrogens (tertiary/aromatic N) is 3. The molecular formula is C34H43ClN4O10S. The van der Waals surface area contributed by atoms with E-state index in [4.69, 9.17) is 30.5 Å². The Morgan fingerprint density at radius 2 is 1.72 bits per heavy atom. The van der Waals surface area contributed by atoms with Crippen LogP contribution in [0.1, 0.15) is 63.6 Å². The lowest BCUT2D eigenvalue weighted by Crippen LogP contribution is -2.47. The van der Waals surface area contributed by atoms with Crippen LogP contribution in [-0.2, 0) is 33.3 Å². The summed E-state index contributed by atoms with van der Waals surface area (Å²) in [5.74, 6) is -2.10. The van der Waals surface area contributed by atoms with E-state index in [9.17, 15) is 28.8 Å². The van der Waals surface area contributed by atoms with Crippen LogP contribution in [0.3, 0.4) is 0 Å². The topological polar surface area (TPSA) is 161 Å². The van der Waals surface area contributed by atoms with E-state index in [1.165, 1.54) is 11.0 Å². The number of halogens is 1. The highest BCUT2D eigenvalue weighted by Gasteiger charge is 2.37. The molecule has 14 nitrogen and oxygen atoms in total.